The number of amides is 1. The number of aromatic nitrogens is 3. The SMILES string of the molecule is CCn1cc(C(=O)N2CC(Oc3cccc(C)n3)C2)c(=O)c2ccc(C)nc21. The standard InChI is InChI=1S/C21H22N4O3/c1-4-24-12-17(19(26)16-9-8-14(3)23-20(16)24)21(27)25-10-15(11-25)28-18-7-5-6-13(2)22-18/h5-9,12,15H,4,10-11H2,1-3H3. The summed E-state index contributed by atoms with van der Waals surface area (Å²) < 4.78 is 7.66. The van der Waals surface area contributed by atoms with Gasteiger partial charge in [0.15, 0.2) is 0 Å². The first-order valence-electron chi connectivity index (χ1n) is 9.36. The fourth-order valence-electron chi connectivity index (χ4n) is 3.36. The van der Waals surface area contributed by atoms with E-state index in [4.69, 9.17) is 4.74 Å². The molecule has 1 saturated heterocycles. The van der Waals surface area contributed by atoms with E-state index in [1.54, 1.807) is 29.3 Å². The average molecular weight is 378 g/mol. The molecule has 0 N–H and O–H groups in total. The molecule has 1 aliphatic rings. The Morgan fingerprint density at radius 2 is 1.89 bits per heavy atom. The lowest BCUT2D eigenvalue weighted by Crippen LogP contribution is -2.56. The van der Waals surface area contributed by atoms with Crippen LogP contribution in [0.2, 0.25) is 0 Å². The minimum atomic E-state index is -0.276. The van der Waals surface area contributed by atoms with Gasteiger partial charge in [0.25, 0.3) is 5.91 Å². The Labute approximate surface area is 162 Å². The molecule has 7 nitrogen and oxygen atoms in total. The topological polar surface area (TPSA) is 77.3 Å². The molecule has 0 aliphatic carbocycles. The van der Waals surface area contributed by atoms with Gasteiger partial charge in [-0.3, -0.25) is 9.59 Å². The van der Waals surface area contributed by atoms with Gasteiger partial charge in [-0.05, 0) is 39.0 Å². The molecular weight excluding hydrogens is 356 g/mol. The molecule has 0 atom stereocenters. The summed E-state index contributed by atoms with van der Waals surface area (Å²) in [6.07, 6.45) is 1.51. The van der Waals surface area contributed by atoms with Crippen molar-refractivity contribution in [2.45, 2.75) is 33.4 Å². The van der Waals surface area contributed by atoms with Gasteiger partial charge in [-0.2, -0.15) is 0 Å². The van der Waals surface area contributed by atoms with Crippen LogP contribution in [0.5, 0.6) is 5.88 Å². The second-order valence-electron chi connectivity index (χ2n) is 7.05. The van der Waals surface area contributed by atoms with Gasteiger partial charge in [0.05, 0.1) is 18.5 Å². The zero-order chi connectivity index (χ0) is 19.8. The molecule has 144 valence electrons. The molecule has 7 heteroatoms. The molecule has 0 saturated carbocycles. The third-order valence-corrected chi connectivity index (χ3v) is 4.92. The third kappa shape index (κ3) is 3.24. The number of pyridine rings is 3. The maximum absolute atomic E-state index is 12.9. The molecule has 28 heavy (non-hydrogen) atoms. The molecule has 1 aliphatic heterocycles. The summed E-state index contributed by atoms with van der Waals surface area (Å²) in [4.78, 5) is 36.2. The second-order valence-corrected chi connectivity index (χ2v) is 7.05. The number of aryl methyl sites for hydroxylation is 3. The van der Waals surface area contributed by atoms with Crippen molar-refractivity contribution in [1.82, 2.24) is 19.4 Å². The summed E-state index contributed by atoms with van der Waals surface area (Å²) >= 11 is 0. The molecule has 3 aromatic heterocycles. The van der Waals surface area contributed by atoms with E-state index in [2.05, 4.69) is 9.97 Å². The fraction of sp³-hybridized carbons (Fsp3) is 0.333. The number of rotatable bonds is 4. The van der Waals surface area contributed by atoms with Crippen molar-refractivity contribution in [2.75, 3.05) is 13.1 Å². The molecule has 0 radical (unpaired) electrons. The Bertz CT molecular complexity index is 1120. The van der Waals surface area contributed by atoms with E-state index < -0.39 is 0 Å². The van der Waals surface area contributed by atoms with Gasteiger partial charge in [-0.15, -0.1) is 0 Å². The first-order chi connectivity index (χ1) is 13.5. The molecule has 4 rings (SSSR count). The summed E-state index contributed by atoms with van der Waals surface area (Å²) in [5.74, 6) is 0.282. The first kappa shape index (κ1) is 18.2. The monoisotopic (exact) mass is 378 g/mol. The number of carbonyl (C=O) groups is 1. The predicted octanol–water partition coefficient (Wildman–Crippen LogP) is 2.33. The normalized spacial score (nSPS) is 14.2. The maximum atomic E-state index is 12.9. The number of carbonyl (C=O) groups excluding carboxylic acids is 1. The van der Waals surface area contributed by atoms with Crippen LogP contribution >= 0.6 is 0 Å². The molecule has 1 amide bonds. The quantitative estimate of drug-likeness (QED) is 0.696. The minimum absolute atomic E-state index is 0.114. The highest BCUT2D eigenvalue weighted by molar-refractivity contribution is 5.97. The van der Waals surface area contributed by atoms with Crippen LogP contribution in [0.1, 0.15) is 28.7 Å². The molecule has 3 aromatic rings. The Balaban J connectivity index is 1.54. The zero-order valence-corrected chi connectivity index (χ0v) is 16.2. The Morgan fingerprint density at radius 3 is 2.61 bits per heavy atom. The van der Waals surface area contributed by atoms with Crippen LogP contribution in [0.4, 0.5) is 0 Å². The number of ether oxygens (including phenoxy) is 1. The van der Waals surface area contributed by atoms with Crippen molar-refractivity contribution in [3.8, 4) is 5.88 Å². The van der Waals surface area contributed by atoms with Crippen LogP contribution in [0, 0.1) is 13.8 Å². The predicted molar refractivity (Wildman–Crippen MR) is 106 cm³/mol. The van der Waals surface area contributed by atoms with E-state index in [0.717, 1.165) is 11.4 Å². The van der Waals surface area contributed by atoms with Crippen LogP contribution in [-0.4, -0.2) is 44.5 Å². The van der Waals surface area contributed by atoms with Crippen LogP contribution in [-0.2, 0) is 6.54 Å². The maximum Gasteiger partial charge on any atom is 0.259 e. The molecule has 0 bridgehead atoms. The molecule has 0 unspecified atom stereocenters. The third-order valence-electron chi connectivity index (χ3n) is 4.92. The lowest BCUT2D eigenvalue weighted by molar-refractivity contribution is 0.0158. The average Bonchev–Trinajstić information content (AvgIpc) is 2.64. The second kappa shape index (κ2) is 7.07. The van der Waals surface area contributed by atoms with E-state index in [0.29, 0.717) is 36.5 Å². The highest BCUT2D eigenvalue weighted by atomic mass is 16.5. The Kier molecular flexibility index (Phi) is 4.58. The van der Waals surface area contributed by atoms with Gasteiger partial charge in [-0.25, -0.2) is 9.97 Å². The van der Waals surface area contributed by atoms with Crippen LogP contribution in [0.3, 0.4) is 0 Å². The largest absolute Gasteiger partial charge is 0.471 e. The van der Waals surface area contributed by atoms with Crippen molar-refractivity contribution >= 4 is 16.9 Å². The summed E-state index contributed by atoms with van der Waals surface area (Å²) in [5, 5.41) is 0.468. The Morgan fingerprint density at radius 1 is 1.14 bits per heavy atom. The van der Waals surface area contributed by atoms with Crippen LogP contribution in [0.25, 0.3) is 11.0 Å². The van der Waals surface area contributed by atoms with E-state index in [-0.39, 0.29) is 23.0 Å². The number of hydrogen-bond acceptors (Lipinski definition) is 5. The van der Waals surface area contributed by atoms with Gasteiger partial charge >= 0.3 is 0 Å². The lowest BCUT2D eigenvalue weighted by atomic mass is 10.1. The lowest BCUT2D eigenvalue weighted by Gasteiger charge is -2.38. The number of fused-ring (bicyclic) bond motifs is 1. The number of nitrogens with zero attached hydrogens (tertiary/aromatic N) is 4. The van der Waals surface area contributed by atoms with E-state index in [1.807, 2.05) is 37.5 Å². The number of hydrogen-bond donors (Lipinski definition) is 0. The molecule has 1 fully saturated rings. The summed E-state index contributed by atoms with van der Waals surface area (Å²) in [7, 11) is 0. The van der Waals surface area contributed by atoms with E-state index in [1.165, 1.54) is 0 Å². The van der Waals surface area contributed by atoms with Crippen molar-refractivity contribution in [3.05, 3.63) is 63.7 Å². The zero-order valence-electron chi connectivity index (χ0n) is 16.2. The summed E-state index contributed by atoms with van der Waals surface area (Å²) in [6.45, 7) is 7.24. The van der Waals surface area contributed by atoms with E-state index >= 15 is 0 Å². The Hall–Kier alpha value is -3.22. The molecule has 4 heterocycles. The molecule has 0 aromatic carbocycles. The highest BCUT2D eigenvalue weighted by Gasteiger charge is 2.34. The van der Waals surface area contributed by atoms with Crippen LogP contribution in [0.15, 0.2) is 41.3 Å². The molecular formula is C21H22N4O3. The fourth-order valence-corrected chi connectivity index (χ4v) is 3.36. The summed E-state index contributed by atoms with van der Waals surface area (Å²) in [5.41, 5.74) is 2.22. The smallest absolute Gasteiger partial charge is 0.259 e. The van der Waals surface area contributed by atoms with Crippen molar-refractivity contribution < 1.29 is 9.53 Å². The van der Waals surface area contributed by atoms with E-state index in [9.17, 15) is 9.59 Å². The van der Waals surface area contributed by atoms with Crippen molar-refractivity contribution in [2.24, 2.45) is 0 Å². The molecule has 0 spiro atoms. The number of likely N-dealkylation sites (tertiary alicyclic amines) is 1. The van der Waals surface area contributed by atoms with Gasteiger partial charge in [0.2, 0.25) is 11.3 Å². The van der Waals surface area contributed by atoms with Gasteiger partial charge in [0, 0.05) is 30.2 Å². The minimum Gasteiger partial charge on any atom is -0.471 e. The van der Waals surface area contributed by atoms with Crippen molar-refractivity contribution in [1.29, 1.82) is 0 Å². The summed E-state index contributed by atoms with van der Waals surface area (Å²) in [6, 6.07) is 9.13. The first-order valence-corrected chi connectivity index (χ1v) is 9.36. The van der Waals surface area contributed by atoms with Gasteiger partial charge in [-0.1, -0.05) is 6.07 Å². The van der Waals surface area contributed by atoms with Gasteiger partial charge < -0.3 is 14.2 Å². The highest BCUT2D eigenvalue weighted by Crippen LogP contribution is 2.19. The van der Waals surface area contributed by atoms with Gasteiger partial charge in [0.1, 0.15) is 17.3 Å². The van der Waals surface area contributed by atoms with Crippen LogP contribution < -0.4 is 10.2 Å². The van der Waals surface area contributed by atoms with Crippen molar-refractivity contribution in [3.63, 3.8) is 0 Å².